The van der Waals surface area contributed by atoms with E-state index in [9.17, 15) is 9.90 Å². The van der Waals surface area contributed by atoms with Gasteiger partial charge in [-0.25, -0.2) is 4.79 Å². The molecule has 2 aromatic rings. The lowest BCUT2D eigenvalue weighted by atomic mass is 9.92. The summed E-state index contributed by atoms with van der Waals surface area (Å²) in [4.78, 5) is 14.2. The molecular formula is C18H25N3O3. The molecule has 3 atom stereocenters. The third-order valence-corrected chi connectivity index (χ3v) is 4.53. The molecule has 1 saturated heterocycles. The van der Waals surface area contributed by atoms with E-state index in [0.717, 1.165) is 18.7 Å². The number of likely N-dealkylation sites (tertiary alicyclic amines) is 1. The molecule has 0 radical (unpaired) electrons. The molecule has 0 amide bonds. The first-order valence-electron chi connectivity index (χ1n) is 8.55. The summed E-state index contributed by atoms with van der Waals surface area (Å²) in [5.41, 5.74) is 0.802. The van der Waals surface area contributed by atoms with Gasteiger partial charge in [0.25, 0.3) is 0 Å². The molecule has 24 heavy (non-hydrogen) atoms. The first kappa shape index (κ1) is 16.9. The van der Waals surface area contributed by atoms with Gasteiger partial charge in [0.2, 0.25) is 0 Å². The molecule has 0 spiro atoms. The van der Waals surface area contributed by atoms with Crippen LogP contribution >= 0.6 is 0 Å². The van der Waals surface area contributed by atoms with Crippen LogP contribution in [0.5, 0.6) is 0 Å². The third kappa shape index (κ3) is 3.94. The van der Waals surface area contributed by atoms with Crippen LogP contribution in [0.3, 0.4) is 0 Å². The Morgan fingerprint density at radius 1 is 1.21 bits per heavy atom. The van der Waals surface area contributed by atoms with Gasteiger partial charge in [-0.2, -0.15) is 0 Å². The molecule has 0 bridgehead atoms. The van der Waals surface area contributed by atoms with Crippen molar-refractivity contribution in [2.45, 2.75) is 32.9 Å². The molecule has 1 aromatic carbocycles. The summed E-state index contributed by atoms with van der Waals surface area (Å²) in [5.74, 6) is 1.20. The van der Waals surface area contributed by atoms with E-state index in [-0.39, 0.29) is 6.54 Å². The number of nitrogens with zero attached hydrogens (tertiary/aromatic N) is 3. The van der Waals surface area contributed by atoms with Crippen LogP contribution in [0.4, 0.5) is 0 Å². The van der Waals surface area contributed by atoms with Crippen LogP contribution in [0.15, 0.2) is 39.6 Å². The van der Waals surface area contributed by atoms with Gasteiger partial charge < -0.3 is 10.0 Å². The molecule has 6 nitrogen and oxygen atoms in total. The SMILES string of the molecule is CC1CC(C)CN(CC(O)Cn2c(-c3ccccc3)noc2=O)C1. The van der Waals surface area contributed by atoms with E-state index in [4.69, 9.17) is 4.52 Å². The highest BCUT2D eigenvalue weighted by Crippen LogP contribution is 2.21. The number of aromatic nitrogens is 2. The Morgan fingerprint density at radius 2 is 1.88 bits per heavy atom. The summed E-state index contributed by atoms with van der Waals surface area (Å²) in [6.45, 7) is 7.21. The van der Waals surface area contributed by atoms with Crippen molar-refractivity contribution in [3.05, 3.63) is 40.9 Å². The number of hydrogen-bond donors (Lipinski definition) is 1. The molecule has 1 aliphatic rings. The minimum Gasteiger partial charge on any atom is -0.390 e. The Hall–Kier alpha value is -1.92. The summed E-state index contributed by atoms with van der Waals surface area (Å²) in [6, 6.07) is 9.40. The zero-order valence-corrected chi connectivity index (χ0v) is 14.3. The van der Waals surface area contributed by atoms with Crippen molar-refractivity contribution >= 4 is 0 Å². The fraction of sp³-hybridized carbons (Fsp3) is 0.556. The number of β-amino-alcohol motifs (C(OH)–C–C–N with tert-alkyl or cyclic N) is 1. The van der Waals surface area contributed by atoms with Gasteiger partial charge >= 0.3 is 5.76 Å². The monoisotopic (exact) mass is 331 g/mol. The van der Waals surface area contributed by atoms with Crippen molar-refractivity contribution in [1.29, 1.82) is 0 Å². The molecule has 1 N–H and O–H groups in total. The second-order valence-electron chi connectivity index (χ2n) is 7.07. The maximum Gasteiger partial charge on any atom is 0.441 e. The fourth-order valence-electron chi connectivity index (χ4n) is 3.73. The molecule has 130 valence electrons. The lowest BCUT2D eigenvalue weighted by Gasteiger charge is -2.36. The highest BCUT2D eigenvalue weighted by Gasteiger charge is 2.24. The number of piperidine rings is 1. The van der Waals surface area contributed by atoms with Crippen LogP contribution in [-0.2, 0) is 6.54 Å². The van der Waals surface area contributed by atoms with E-state index in [1.165, 1.54) is 11.0 Å². The van der Waals surface area contributed by atoms with Gasteiger partial charge in [0.05, 0.1) is 12.6 Å². The van der Waals surface area contributed by atoms with E-state index in [2.05, 4.69) is 23.9 Å². The Morgan fingerprint density at radius 3 is 2.54 bits per heavy atom. The summed E-state index contributed by atoms with van der Waals surface area (Å²) in [7, 11) is 0. The molecule has 3 rings (SSSR count). The average Bonchev–Trinajstić information content (AvgIpc) is 2.88. The average molecular weight is 331 g/mol. The summed E-state index contributed by atoms with van der Waals surface area (Å²) in [6.07, 6.45) is 0.595. The topological polar surface area (TPSA) is 71.5 Å². The second-order valence-corrected chi connectivity index (χ2v) is 7.07. The van der Waals surface area contributed by atoms with Gasteiger partial charge in [-0.15, -0.1) is 0 Å². The van der Waals surface area contributed by atoms with Crippen molar-refractivity contribution in [3.8, 4) is 11.4 Å². The zero-order chi connectivity index (χ0) is 17.1. The molecule has 1 fully saturated rings. The van der Waals surface area contributed by atoms with Gasteiger partial charge in [0, 0.05) is 25.2 Å². The first-order chi connectivity index (χ1) is 11.5. The normalized spacial score (nSPS) is 23.3. The molecule has 6 heteroatoms. The number of aliphatic hydroxyl groups excluding tert-OH is 1. The summed E-state index contributed by atoms with van der Waals surface area (Å²) in [5, 5.41) is 14.3. The van der Waals surface area contributed by atoms with Crippen molar-refractivity contribution in [2.24, 2.45) is 11.8 Å². The van der Waals surface area contributed by atoms with Gasteiger partial charge in [0.1, 0.15) is 0 Å². The molecule has 2 heterocycles. The van der Waals surface area contributed by atoms with Gasteiger partial charge in [-0.1, -0.05) is 49.3 Å². The van der Waals surface area contributed by atoms with Crippen molar-refractivity contribution in [2.75, 3.05) is 19.6 Å². The molecule has 0 saturated carbocycles. The smallest absolute Gasteiger partial charge is 0.390 e. The second kappa shape index (κ2) is 7.32. The Bertz CT molecular complexity index is 700. The van der Waals surface area contributed by atoms with Gasteiger partial charge in [0.15, 0.2) is 5.82 Å². The quantitative estimate of drug-likeness (QED) is 0.905. The maximum absolute atomic E-state index is 12.0. The number of benzene rings is 1. The summed E-state index contributed by atoms with van der Waals surface area (Å²) >= 11 is 0. The minimum atomic E-state index is -0.637. The van der Waals surface area contributed by atoms with Crippen LogP contribution in [0.25, 0.3) is 11.4 Å². The lowest BCUT2D eigenvalue weighted by molar-refractivity contribution is 0.0606. The van der Waals surface area contributed by atoms with E-state index in [1.807, 2.05) is 30.3 Å². The van der Waals surface area contributed by atoms with Crippen LogP contribution in [0.2, 0.25) is 0 Å². The predicted molar refractivity (Wildman–Crippen MR) is 91.6 cm³/mol. The highest BCUT2D eigenvalue weighted by molar-refractivity contribution is 5.54. The van der Waals surface area contributed by atoms with Crippen LogP contribution < -0.4 is 5.76 Å². The molecular weight excluding hydrogens is 306 g/mol. The number of hydrogen-bond acceptors (Lipinski definition) is 5. The van der Waals surface area contributed by atoms with Gasteiger partial charge in [-0.3, -0.25) is 9.09 Å². The Balaban J connectivity index is 1.70. The van der Waals surface area contributed by atoms with E-state index >= 15 is 0 Å². The van der Waals surface area contributed by atoms with Crippen molar-refractivity contribution < 1.29 is 9.63 Å². The molecule has 1 aromatic heterocycles. The standard InChI is InChI=1S/C18H25N3O3/c1-13-8-14(2)10-20(9-13)11-16(22)12-21-17(19-24-18(21)23)15-6-4-3-5-7-15/h3-7,13-14,16,22H,8-12H2,1-2H3. The highest BCUT2D eigenvalue weighted by atomic mass is 16.5. The summed E-state index contributed by atoms with van der Waals surface area (Å²) < 4.78 is 6.22. The number of rotatable bonds is 5. The fourth-order valence-corrected chi connectivity index (χ4v) is 3.73. The van der Waals surface area contributed by atoms with E-state index in [0.29, 0.717) is 24.2 Å². The molecule has 3 unspecified atom stereocenters. The predicted octanol–water partition coefficient (Wildman–Crippen LogP) is 1.84. The van der Waals surface area contributed by atoms with Crippen LogP contribution in [-0.4, -0.2) is 45.5 Å². The lowest BCUT2D eigenvalue weighted by Crippen LogP contribution is -2.44. The molecule has 1 aliphatic heterocycles. The van der Waals surface area contributed by atoms with Crippen molar-refractivity contribution in [3.63, 3.8) is 0 Å². The third-order valence-electron chi connectivity index (χ3n) is 4.53. The van der Waals surface area contributed by atoms with Crippen LogP contribution in [0, 0.1) is 11.8 Å². The van der Waals surface area contributed by atoms with Crippen molar-refractivity contribution in [1.82, 2.24) is 14.6 Å². The van der Waals surface area contributed by atoms with Gasteiger partial charge in [-0.05, 0) is 18.3 Å². The van der Waals surface area contributed by atoms with Crippen LogP contribution in [0.1, 0.15) is 20.3 Å². The zero-order valence-electron chi connectivity index (χ0n) is 14.3. The Kier molecular flexibility index (Phi) is 5.16. The van der Waals surface area contributed by atoms with E-state index < -0.39 is 11.9 Å². The Labute approximate surface area is 141 Å². The number of aliphatic hydroxyl groups is 1. The maximum atomic E-state index is 12.0. The first-order valence-corrected chi connectivity index (χ1v) is 8.55. The molecule has 0 aliphatic carbocycles. The largest absolute Gasteiger partial charge is 0.441 e. The van der Waals surface area contributed by atoms with E-state index in [1.54, 1.807) is 0 Å². The minimum absolute atomic E-state index is 0.186.